The summed E-state index contributed by atoms with van der Waals surface area (Å²) in [6.45, 7) is 6.91. The summed E-state index contributed by atoms with van der Waals surface area (Å²) in [6, 6.07) is 4.95. The van der Waals surface area contributed by atoms with E-state index in [2.05, 4.69) is 34.3 Å². The predicted molar refractivity (Wildman–Crippen MR) is 66.5 cm³/mol. The van der Waals surface area contributed by atoms with Crippen LogP contribution in [-0.4, -0.2) is 42.1 Å². The molecule has 1 aromatic rings. The molecule has 0 aliphatic carbocycles. The Kier molecular flexibility index (Phi) is 4.31. The van der Waals surface area contributed by atoms with E-state index in [1.165, 1.54) is 25.1 Å². The zero-order valence-corrected chi connectivity index (χ0v) is 10.0. The number of rotatable bonds is 4. The van der Waals surface area contributed by atoms with Crippen LogP contribution in [0.1, 0.15) is 18.9 Å². The summed E-state index contributed by atoms with van der Waals surface area (Å²) in [5, 5.41) is 3.46. The molecule has 0 saturated carbocycles. The van der Waals surface area contributed by atoms with Crippen molar-refractivity contribution in [1.82, 2.24) is 15.2 Å². The largest absolute Gasteiger partial charge is 0.314 e. The Morgan fingerprint density at radius 1 is 1.44 bits per heavy atom. The lowest BCUT2D eigenvalue weighted by molar-refractivity contribution is 0.159. The first-order valence-corrected chi connectivity index (χ1v) is 6.24. The molecule has 1 atom stereocenters. The number of hydrogen-bond donors (Lipinski definition) is 1. The van der Waals surface area contributed by atoms with E-state index in [-0.39, 0.29) is 0 Å². The Labute approximate surface area is 97.9 Å². The maximum atomic E-state index is 4.05. The highest BCUT2D eigenvalue weighted by molar-refractivity contribution is 5.10. The van der Waals surface area contributed by atoms with E-state index in [1.807, 2.05) is 12.4 Å². The van der Waals surface area contributed by atoms with E-state index in [4.69, 9.17) is 0 Å². The van der Waals surface area contributed by atoms with E-state index in [0.29, 0.717) is 0 Å². The van der Waals surface area contributed by atoms with Gasteiger partial charge in [0.2, 0.25) is 0 Å². The molecule has 88 valence electrons. The molecule has 16 heavy (non-hydrogen) atoms. The Bertz CT molecular complexity index is 299. The number of aromatic nitrogens is 1. The van der Waals surface area contributed by atoms with Gasteiger partial charge in [-0.1, -0.05) is 6.92 Å². The smallest absolute Gasteiger partial charge is 0.0270 e. The maximum Gasteiger partial charge on any atom is 0.0270 e. The molecule has 1 N–H and O–H groups in total. The first kappa shape index (κ1) is 11.6. The van der Waals surface area contributed by atoms with Crippen LogP contribution < -0.4 is 5.32 Å². The molecule has 2 rings (SSSR count). The van der Waals surface area contributed by atoms with Gasteiger partial charge in [0, 0.05) is 44.6 Å². The van der Waals surface area contributed by atoms with Crippen molar-refractivity contribution in [3.05, 3.63) is 30.1 Å². The Morgan fingerprint density at radius 3 is 3.00 bits per heavy atom. The van der Waals surface area contributed by atoms with Crippen molar-refractivity contribution in [3.8, 4) is 0 Å². The molecule has 0 aromatic carbocycles. The quantitative estimate of drug-likeness (QED) is 0.827. The van der Waals surface area contributed by atoms with Crippen LogP contribution >= 0.6 is 0 Å². The van der Waals surface area contributed by atoms with Crippen molar-refractivity contribution in [2.24, 2.45) is 0 Å². The van der Waals surface area contributed by atoms with Crippen LogP contribution in [0.25, 0.3) is 0 Å². The molecule has 1 aliphatic rings. The van der Waals surface area contributed by atoms with Gasteiger partial charge in [0.05, 0.1) is 0 Å². The third kappa shape index (κ3) is 3.03. The maximum absolute atomic E-state index is 4.05. The standard InChI is InChI=1S/C13H21N3/c1-2-13-11-15-8-10-16(13)9-5-12-3-6-14-7-4-12/h3-4,6-7,13,15H,2,5,8-11H2,1H3. The van der Waals surface area contributed by atoms with E-state index in [9.17, 15) is 0 Å². The van der Waals surface area contributed by atoms with E-state index in [1.54, 1.807) is 0 Å². The van der Waals surface area contributed by atoms with Gasteiger partial charge < -0.3 is 5.32 Å². The lowest BCUT2D eigenvalue weighted by atomic mass is 10.1. The van der Waals surface area contributed by atoms with Crippen molar-refractivity contribution >= 4 is 0 Å². The van der Waals surface area contributed by atoms with Crippen LogP contribution in [0, 0.1) is 0 Å². The number of hydrogen-bond acceptors (Lipinski definition) is 3. The van der Waals surface area contributed by atoms with E-state index in [0.717, 1.165) is 25.6 Å². The lowest BCUT2D eigenvalue weighted by Gasteiger charge is -2.35. The van der Waals surface area contributed by atoms with Crippen LogP contribution in [0.15, 0.2) is 24.5 Å². The molecule has 1 unspecified atom stereocenters. The van der Waals surface area contributed by atoms with Crippen molar-refractivity contribution < 1.29 is 0 Å². The predicted octanol–water partition coefficient (Wildman–Crippen LogP) is 1.31. The van der Waals surface area contributed by atoms with Crippen LogP contribution in [0.3, 0.4) is 0 Å². The van der Waals surface area contributed by atoms with Gasteiger partial charge in [-0.3, -0.25) is 9.88 Å². The average molecular weight is 219 g/mol. The number of nitrogens with one attached hydrogen (secondary N) is 1. The Hall–Kier alpha value is -0.930. The molecule has 1 aromatic heterocycles. The molecule has 3 nitrogen and oxygen atoms in total. The second-order valence-corrected chi connectivity index (χ2v) is 4.41. The zero-order chi connectivity index (χ0) is 11.2. The second-order valence-electron chi connectivity index (χ2n) is 4.41. The molecule has 0 bridgehead atoms. The minimum Gasteiger partial charge on any atom is -0.314 e. The van der Waals surface area contributed by atoms with E-state index < -0.39 is 0 Å². The highest BCUT2D eigenvalue weighted by atomic mass is 15.2. The molecule has 3 heteroatoms. The fourth-order valence-electron chi connectivity index (χ4n) is 2.32. The van der Waals surface area contributed by atoms with Crippen LogP contribution in [-0.2, 0) is 6.42 Å². The van der Waals surface area contributed by atoms with Gasteiger partial charge in [-0.2, -0.15) is 0 Å². The van der Waals surface area contributed by atoms with Crippen molar-refractivity contribution in [2.75, 3.05) is 26.2 Å². The monoisotopic (exact) mass is 219 g/mol. The van der Waals surface area contributed by atoms with Gasteiger partial charge in [-0.05, 0) is 30.5 Å². The fourth-order valence-corrected chi connectivity index (χ4v) is 2.32. The Morgan fingerprint density at radius 2 is 2.25 bits per heavy atom. The summed E-state index contributed by atoms with van der Waals surface area (Å²) in [5.74, 6) is 0. The van der Waals surface area contributed by atoms with Crippen molar-refractivity contribution in [1.29, 1.82) is 0 Å². The summed E-state index contributed by atoms with van der Waals surface area (Å²) in [5.41, 5.74) is 1.39. The number of nitrogens with zero attached hydrogens (tertiary/aromatic N) is 2. The summed E-state index contributed by atoms with van der Waals surface area (Å²) in [4.78, 5) is 6.66. The molecular weight excluding hydrogens is 198 g/mol. The molecule has 0 radical (unpaired) electrons. The minimum absolute atomic E-state index is 0.718. The fraction of sp³-hybridized carbons (Fsp3) is 0.615. The topological polar surface area (TPSA) is 28.2 Å². The third-order valence-electron chi connectivity index (χ3n) is 3.38. The summed E-state index contributed by atoms with van der Waals surface area (Å²) >= 11 is 0. The molecule has 2 heterocycles. The average Bonchev–Trinajstić information content (AvgIpc) is 2.38. The van der Waals surface area contributed by atoms with Crippen molar-refractivity contribution in [3.63, 3.8) is 0 Å². The first-order valence-electron chi connectivity index (χ1n) is 6.24. The van der Waals surface area contributed by atoms with Gasteiger partial charge in [0.1, 0.15) is 0 Å². The van der Waals surface area contributed by atoms with Crippen LogP contribution in [0.2, 0.25) is 0 Å². The van der Waals surface area contributed by atoms with Gasteiger partial charge in [0.25, 0.3) is 0 Å². The summed E-state index contributed by atoms with van der Waals surface area (Å²) in [7, 11) is 0. The number of pyridine rings is 1. The van der Waals surface area contributed by atoms with Gasteiger partial charge in [-0.25, -0.2) is 0 Å². The molecule has 1 saturated heterocycles. The van der Waals surface area contributed by atoms with Crippen molar-refractivity contribution in [2.45, 2.75) is 25.8 Å². The zero-order valence-electron chi connectivity index (χ0n) is 10.0. The highest BCUT2D eigenvalue weighted by Gasteiger charge is 2.19. The molecular formula is C13H21N3. The molecule has 1 aliphatic heterocycles. The van der Waals surface area contributed by atoms with Gasteiger partial charge in [0.15, 0.2) is 0 Å². The van der Waals surface area contributed by atoms with Gasteiger partial charge in [-0.15, -0.1) is 0 Å². The first-order chi connectivity index (χ1) is 7.90. The molecule has 1 fully saturated rings. The lowest BCUT2D eigenvalue weighted by Crippen LogP contribution is -2.51. The summed E-state index contributed by atoms with van der Waals surface area (Å²) in [6.07, 6.45) is 6.14. The van der Waals surface area contributed by atoms with E-state index >= 15 is 0 Å². The van der Waals surface area contributed by atoms with Gasteiger partial charge >= 0.3 is 0 Å². The minimum atomic E-state index is 0.718. The normalized spacial score (nSPS) is 22.2. The molecule has 0 spiro atoms. The second kappa shape index (κ2) is 5.97. The molecule has 0 amide bonds. The highest BCUT2D eigenvalue weighted by Crippen LogP contribution is 2.08. The number of piperazine rings is 1. The SMILES string of the molecule is CCC1CNCCN1CCc1ccncc1. The third-order valence-corrected chi connectivity index (χ3v) is 3.38. The Balaban J connectivity index is 1.84. The van der Waals surface area contributed by atoms with Crippen LogP contribution in [0.4, 0.5) is 0 Å². The van der Waals surface area contributed by atoms with Crippen LogP contribution in [0.5, 0.6) is 0 Å². The summed E-state index contributed by atoms with van der Waals surface area (Å²) < 4.78 is 0.